The molecule has 0 saturated carbocycles. The summed E-state index contributed by atoms with van der Waals surface area (Å²) in [4.78, 5) is 44.8. The van der Waals surface area contributed by atoms with Crippen molar-refractivity contribution in [3.8, 4) is 0 Å². The second-order valence-electron chi connectivity index (χ2n) is 7.10. The fourth-order valence-corrected chi connectivity index (χ4v) is 4.70. The molecule has 1 aromatic carbocycles. The van der Waals surface area contributed by atoms with Crippen LogP contribution in [-0.4, -0.2) is 58.1 Å². The molecule has 2 aliphatic rings. The molecule has 7 nitrogen and oxygen atoms in total. The van der Waals surface area contributed by atoms with Crippen LogP contribution in [-0.2, 0) is 11.3 Å². The molecule has 1 atom stereocenters. The summed E-state index contributed by atoms with van der Waals surface area (Å²) < 4.78 is 1.60. The first kappa shape index (κ1) is 18.7. The van der Waals surface area contributed by atoms with Crippen molar-refractivity contribution in [2.45, 2.75) is 18.6 Å². The molecule has 8 heteroatoms. The average Bonchev–Trinajstić information content (AvgIpc) is 2.73. The lowest BCUT2D eigenvalue weighted by Crippen LogP contribution is -2.52. The van der Waals surface area contributed by atoms with Crippen molar-refractivity contribution in [1.29, 1.82) is 0 Å². The Morgan fingerprint density at radius 1 is 1.07 bits per heavy atom. The van der Waals surface area contributed by atoms with Gasteiger partial charge in [0.25, 0.3) is 5.56 Å². The van der Waals surface area contributed by atoms with Gasteiger partial charge in [-0.15, -0.1) is 0 Å². The van der Waals surface area contributed by atoms with Crippen LogP contribution < -0.4 is 10.5 Å². The fraction of sp³-hybridized carbons (Fsp3) is 0.400. The Balaban J connectivity index is 1.37. The molecule has 4 rings (SSSR count). The topological polar surface area (TPSA) is 75.5 Å². The van der Waals surface area contributed by atoms with E-state index >= 15 is 0 Å². The number of anilines is 1. The molecular weight excluding hydrogens is 376 g/mol. The summed E-state index contributed by atoms with van der Waals surface area (Å²) >= 11 is 1.47. The summed E-state index contributed by atoms with van der Waals surface area (Å²) in [7, 11) is 0. The van der Waals surface area contributed by atoms with E-state index in [1.54, 1.807) is 11.5 Å². The Morgan fingerprint density at radius 2 is 1.79 bits per heavy atom. The van der Waals surface area contributed by atoms with Gasteiger partial charge in [0.15, 0.2) is 10.9 Å². The zero-order valence-corrected chi connectivity index (χ0v) is 16.5. The summed E-state index contributed by atoms with van der Waals surface area (Å²) in [5, 5.41) is 0.690. The molecule has 1 amide bonds. The first-order valence-electron chi connectivity index (χ1n) is 9.36. The van der Waals surface area contributed by atoms with Gasteiger partial charge in [0.2, 0.25) is 5.91 Å². The van der Waals surface area contributed by atoms with E-state index < -0.39 is 0 Å². The van der Waals surface area contributed by atoms with Crippen LogP contribution in [0.1, 0.15) is 17.3 Å². The van der Waals surface area contributed by atoms with E-state index in [0.29, 0.717) is 36.1 Å². The average molecular weight is 398 g/mol. The lowest BCUT2D eigenvalue weighted by atomic mass is 10.1. The Morgan fingerprint density at radius 3 is 2.46 bits per heavy atom. The maximum absolute atomic E-state index is 13.0. The van der Waals surface area contributed by atoms with E-state index in [1.165, 1.54) is 24.0 Å². The van der Waals surface area contributed by atoms with Gasteiger partial charge >= 0.3 is 0 Å². The minimum Gasteiger partial charge on any atom is -0.368 e. The number of hydrogen-bond acceptors (Lipinski definition) is 6. The summed E-state index contributed by atoms with van der Waals surface area (Å²) in [6, 6.07) is 9.05. The third-order valence-corrected chi connectivity index (χ3v) is 6.45. The summed E-state index contributed by atoms with van der Waals surface area (Å²) in [5.74, 6) is 0.631. The molecule has 0 radical (unpaired) electrons. The highest BCUT2D eigenvalue weighted by Crippen LogP contribution is 2.26. The molecule has 146 valence electrons. The smallest absolute Gasteiger partial charge is 0.254 e. The van der Waals surface area contributed by atoms with Crippen molar-refractivity contribution in [3.63, 3.8) is 0 Å². The monoisotopic (exact) mass is 398 g/mol. The molecule has 0 bridgehead atoms. The second kappa shape index (κ2) is 7.79. The summed E-state index contributed by atoms with van der Waals surface area (Å²) in [5.41, 5.74) is 1.67. The summed E-state index contributed by atoms with van der Waals surface area (Å²) in [6.07, 6.45) is 1.52. The number of hydrogen-bond donors (Lipinski definition) is 0. The molecule has 1 aromatic heterocycles. The predicted octanol–water partition coefficient (Wildman–Crippen LogP) is 1.52. The number of Topliss-reactive ketones (excluding diaryl/α,β-unsaturated/α-hetero) is 1. The van der Waals surface area contributed by atoms with Crippen LogP contribution in [0.15, 0.2) is 46.5 Å². The van der Waals surface area contributed by atoms with Crippen LogP contribution in [0.25, 0.3) is 0 Å². The molecule has 0 aliphatic carbocycles. The number of ketones is 1. The molecule has 1 saturated heterocycles. The van der Waals surface area contributed by atoms with Gasteiger partial charge < -0.3 is 9.80 Å². The number of carbonyl (C=O) groups excluding carboxylic acids is 2. The van der Waals surface area contributed by atoms with E-state index in [2.05, 4.69) is 9.88 Å². The summed E-state index contributed by atoms with van der Waals surface area (Å²) in [6.45, 7) is 4.78. The molecule has 1 fully saturated rings. The van der Waals surface area contributed by atoms with Gasteiger partial charge in [-0.25, -0.2) is 4.98 Å². The number of amides is 1. The number of thioether (sulfide) groups is 1. The lowest BCUT2D eigenvalue weighted by Gasteiger charge is -2.38. The van der Waals surface area contributed by atoms with Gasteiger partial charge in [-0.1, -0.05) is 11.8 Å². The Kier molecular flexibility index (Phi) is 5.21. The highest BCUT2D eigenvalue weighted by Gasteiger charge is 2.31. The SMILES string of the molecule is CC(=O)c1ccc(N2CCN(C(=O)[C@H]3CSc4nccc(=O)n4C3)CC2)cc1. The zero-order valence-electron chi connectivity index (χ0n) is 15.7. The maximum atomic E-state index is 13.0. The van der Waals surface area contributed by atoms with Crippen LogP contribution in [0, 0.1) is 5.92 Å². The van der Waals surface area contributed by atoms with Gasteiger partial charge in [0, 0.05) is 62.0 Å². The number of piperazine rings is 1. The number of fused-ring (bicyclic) bond motifs is 1. The molecular formula is C20H22N4O3S. The van der Waals surface area contributed by atoms with Crippen LogP contribution in [0.2, 0.25) is 0 Å². The highest BCUT2D eigenvalue weighted by molar-refractivity contribution is 7.99. The largest absolute Gasteiger partial charge is 0.368 e. The molecule has 2 aliphatic heterocycles. The van der Waals surface area contributed by atoms with E-state index in [1.807, 2.05) is 29.2 Å². The van der Waals surface area contributed by atoms with Gasteiger partial charge in [-0.2, -0.15) is 0 Å². The first-order chi connectivity index (χ1) is 13.5. The number of nitrogens with zero attached hydrogens (tertiary/aromatic N) is 4. The number of rotatable bonds is 3. The standard InChI is InChI=1S/C20H22N4O3S/c1-14(25)15-2-4-17(5-3-15)22-8-10-23(11-9-22)19(27)16-12-24-18(26)6-7-21-20(24)28-13-16/h2-7,16H,8-13H2,1H3/t16-/m1/s1. The van der Waals surface area contributed by atoms with Crippen LogP contribution >= 0.6 is 11.8 Å². The molecule has 3 heterocycles. The number of carbonyl (C=O) groups is 2. The molecule has 0 spiro atoms. The Hall–Kier alpha value is -2.61. The van der Waals surface area contributed by atoms with Crippen molar-refractivity contribution in [1.82, 2.24) is 14.5 Å². The number of aromatic nitrogens is 2. The minimum atomic E-state index is -0.194. The van der Waals surface area contributed by atoms with E-state index in [9.17, 15) is 14.4 Å². The maximum Gasteiger partial charge on any atom is 0.254 e. The predicted molar refractivity (Wildman–Crippen MR) is 108 cm³/mol. The molecule has 2 aromatic rings. The molecule has 0 unspecified atom stereocenters. The van der Waals surface area contributed by atoms with Crippen LogP contribution in [0.3, 0.4) is 0 Å². The zero-order chi connectivity index (χ0) is 19.7. The van der Waals surface area contributed by atoms with Crippen LogP contribution in [0.4, 0.5) is 5.69 Å². The molecule has 0 N–H and O–H groups in total. The first-order valence-corrected chi connectivity index (χ1v) is 10.3. The number of benzene rings is 1. The van der Waals surface area contributed by atoms with Crippen molar-refractivity contribution in [2.24, 2.45) is 5.92 Å². The fourth-order valence-electron chi connectivity index (χ4n) is 3.65. The van der Waals surface area contributed by atoms with Gasteiger partial charge in [-0.3, -0.25) is 19.0 Å². The van der Waals surface area contributed by atoms with E-state index in [-0.39, 0.29) is 23.2 Å². The quantitative estimate of drug-likeness (QED) is 0.576. The molecule has 28 heavy (non-hydrogen) atoms. The lowest BCUT2D eigenvalue weighted by molar-refractivity contribution is -0.135. The van der Waals surface area contributed by atoms with Crippen molar-refractivity contribution in [2.75, 3.05) is 36.8 Å². The minimum absolute atomic E-state index is 0.0585. The van der Waals surface area contributed by atoms with E-state index in [4.69, 9.17) is 0 Å². The van der Waals surface area contributed by atoms with Crippen LogP contribution in [0.5, 0.6) is 0 Å². The van der Waals surface area contributed by atoms with Crippen molar-refractivity contribution < 1.29 is 9.59 Å². The normalized spacial score (nSPS) is 19.2. The van der Waals surface area contributed by atoms with E-state index in [0.717, 1.165) is 18.8 Å². The van der Waals surface area contributed by atoms with Gasteiger partial charge in [-0.05, 0) is 31.2 Å². The Bertz CT molecular complexity index is 949. The van der Waals surface area contributed by atoms with Crippen molar-refractivity contribution >= 4 is 29.1 Å². The Labute approximate surface area is 167 Å². The van der Waals surface area contributed by atoms with Gasteiger partial charge in [0.1, 0.15) is 0 Å². The highest BCUT2D eigenvalue weighted by atomic mass is 32.2. The van der Waals surface area contributed by atoms with Gasteiger partial charge in [0.05, 0.1) is 5.92 Å². The third-order valence-electron chi connectivity index (χ3n) is 5.30. The second-order valence-corrected chi connectivity index (χ2v) is 8.09. The van der Waals surface area contributed by atoms with Crippen molar-refractivity contribution in [3.05, 3.63) is 52.4 Å². The third kappa shape index (κ3) is 3.69.